The average Bonchev–Trinajstić information content (AvgIpc) is 3.96. The van der Waals surface area contributed by atoms with E-state index in [2.05, 4.69) is 32.9 Å². The number of carbonyl (C=O) groups is 2. The number of carboxylic acids is 2. The predicted molar refractivity (Wildman–Crippen MR) is 228 cm³/mol. The van der Waals surface area contributed by atoms with Crippen molar-refractivity contribution in [2.24, 2.45) is 0 Å². The van der Waals surface area contributed by atoms with Crippen molar-refractivity contribution in [1.29, 1.82) is 0 Å². The second-order valence-corrected chi connectivity index (χ2v) is 16.2. The van der Waals surface area contributed by atoms with Gasteiger partial charge < -0.3 is 44.9 Å². The Morgan fingerprint density at radius 1 is 0.557 bits per heavy atom. The normalized spacial score (nSPS) is 11.9. The molecule has 0 saturated carbocycles. The zero-order chi connectivity index (χ0) is 41.8. The summed E-state index contributed by atoms with van der Waals surface area (Å²) < 4.78 is 6.07. The molecule has 5 aromatic carbocycles. The third kappa shape index (κ3) is 6.67. The van der Waals surface area contributed by atoms with Crippen LogP contribution in [-0.2, 0) is 24.9 Å². The van der Waals surface area contributed by atoms with Crippen LogP contribution in [0, 0.1) is 0 Å². The van der Waals surface area contributed by atoms with E-state index in [-0.39, 0.29) is 96.3 Å². The van der Waals surface area contributed by atoms with E-state index in [9.17, 15) is 19.8 Å². The van der Waals surface area contributed by atoms with Crippen LogP contribution < -0.4 is 14.7 Å². The molecular formula is C44H25Cl3N8O5Zn. The fourth-order valence-corrected chi connectivity index (χ4v) is 8.11. The van der Waals surface area contributed by atoms with Crippen LogP contribution in [-0.4, -0.2) is 52.1 Å². The number of nitrogens with zero attached hydrogens (tertiary/aromatic N) is 8. The predicted octanol–water partition coefficient (Wildman–Crippen LogP) is 10.6. The van der Waals surface area contributed by atoms with Crippen molar-refractivity contribution in [3.63, 3.8) is 0 Å². The molecule has 0 saturated heterocycles. The van der Waals surface area contributed by atoms with Gasteiger partial charge in [-0.05, 0) is 46.0 Å². The molecule has 2 aliphatic rings. The van der Waals surface area contributed by atoms with E-state index in [0.717, 1.165) is 34.5 Å². The summed E-state index contributed by atoms with van der Waals surface area (Å²) in [6.07, 6.45) is 0. The fourth-order valence-electron chi connectivity index (χ4n) is 7.26. The summed E-state index contributed by atoms with van der Waals surface area (Å²) >= 11 is 21.1. The Labute approximate surface area is 372 Å². The molecule has 0 fully saturated rings. The fraction of sp³-hybridized carbons (Fsp3) is 0.0909. The van der Waals surface area contributed by atoms with Gasteiger partial charge in [0.15, 0.2) is 5.75 Å². The number of carboxylic acid groups (broad SMARTS) is 2. The van der Waals surface area contributed by atoms with Crippen LogP contribution >= 0.6 is 34.8 Å². The van der Waals surface area contributed by atoms with Crippen molar-refractivity contribution in [2.45, 2.75) is 26.2 Å². The van der Waals surface area contributed by atoms with Crippen molar-refractivity contribution < 1.29 is 44.0 Å². The number of fused-ring (bicyclic) bond motifs is 20. The van der Waals surface area contributed by atoms with Gasteiger partial charge in [0.05, 0.1) is 44.5 Å². The average molecular weight is 917 g/mol. The van der Waals surface area contributed by atoms with Gasteiger partial charge in [-0.25, -0.2) is 19.6 Å². The minimum absolute atomic E-state index is 0. The summed E-state index contributed by atoms with van der Waals surface area (Å²) in [5.74, 6) is -1.89. The molecule has 10 rings (SSSR count). The molecule has 8 aromatic rings. The van der Waals surface area contributed by atoms with Crippen molar-refractivity contribution in [2.75, 3.05) is 0 Å². The molecule has 0 unspecified atom stereocenters. The van der Waals surface area contributed by atoms with Crippen LogP contribution in [0.15, 0.2) is 84.9 Å². The molecule has 294 valence electrons. The maximum atomic E-state index is 11.9. The Bertz CT molecular complexity index is 3390. The van der Waals surface area contributed by atoms with Crippen LogP contribution in [0.4, 0.5) is 0 Å². The largest absolute Gasteiger partial charge is 2.00 e. The smallest absolute Gasteiger partial charge is 0.478 e. The van der Waals surface area contributed by atoms with Gasteiger partial charge in [-0.1, -0.05) is 116 Å². The molecule has 2 N–H and O–H groups in total. The Morgan fingerprint density at radius 3 is 1.48 bits per heavy atom. The van der Waals surface area contributed by atoms with Crippen molar-refractivity contribution >= 4 is 90.9 Å². The number of benzene rings is 5. The van der Waals surface area contributed by atoms with E-state index in [1.54, 1.807) is 0 Å². The minimum atomic E-state index is -1.38. The molecule has 0 spiro atoms. The molecule has 0 radical (unpaired) electrons. The van der Waals surface area contributed by atoms with Crippen LogP contribution in [0.3, 0.4) is 0 Å². The number of ether oxygens (including phenoxy) is 1. The van der Waals surface area contributed by atoms with Crippen LogP contribution in [0.1, 0.15) is 47.1 Å². The van der Waals surface area contributed by atoms with Crippen LogP contribution in [0.2, 0.25) is 15.1 Å². The summed E-state index contributed by atoms with van der Waals surface area (Å²) in [7, 11) is 0. The van der Waals surface area contributed by atoms with Crippen LogP contribution in [0.5, 0.6) is 11.5 Å². The van der Waals surface area contributed by atoms with Crippen molar-refractivity contribution in [1.82, 2.24) is 39.9 Å². The Balaban J connectivity index is 0.00000476. The number of aromatic carboxylic acids is 2. The van der Waals surface area contributed by atoms with E-state index < -0.39 is 11.9 Å². The van der Waals surface area contributed by atoms with Crippen molar-refractivity contribution in [3.05, 3.63) is 117 Å². The number of halogens is 3. The van der Waals surface area contributed by atoms with Gasteiger partial charge in [0.2, 0.25) is 0 Å². The molecule has 61 heavy (non-hydrogen) atoms. The molecule has 5 heterocycles. The molecule has 13 nitrogen and oxygen atoms in total. The molecule has 0 amide bonds. The monoisotopic (exact) mass is 914 g/mol. The molecule has 8 bridgehead atoms. The third-order valence-corrected chi connectivity index (χ3v) is 11.4. The number of hydrogen-bond acceptors (Lipinski definition) is 9. The Morgan fingerprint density at radius 2 is 1.00 bits per heavy atom. The second-order valence-electron chi connectivity index (χ2n) is 15.1. The first-order valence-corrected chi connectivity index (χ1v) is 19.4. The van der Waals surface area contributed by atoms with Gasteiger partial charge in [0, 0.05) is 55.6 Å². The zero-order valence-electron chi connectivity index (χ0n) is 32.1. The topological polar surface area (TPSA) is 189 Å². The Kier molecular flexibility index (Phi) is 9.67. The van der Waals surface area contributed by atoms with E-state index in [0.29, 0.717) is 45.2 Å². The summed E-state index contributed by atoms with van der Waals surface area (Å²) in [6.45, 7) is 6.42. The minimum Gasteiger partial charge on any atom is -0.478 e. The van der Waals surface area contributed by atoms with Gasteiger partial charge in [-0.3, -0.25) is 0 Å². The molecule has 2 aliphatic heterocycles. The summed E-state index contributed by atoms with van der Waals surface area (Å²) in [5, 5.41) is 21.0. The zero-order valence-corrected chi connectivity index (χ0v) is 37.4. The van der Waals surface area contributed by atoms with Gasteiger partial charge in [0.25, 0.3) is 0 Å². The van der Waals surface area contributed by atoms with Crippen LogP contribution in [0.25, 0.3) is 89.7 Å². The van der Waals surface area contributed by atoms with Gasteiger partial charge in [-0.2, -0.15) is 0 Å². The molecule has 0 aliphatic carbocycles. The molecule has 3 aromatic heterocycles. The standard InChI is InChI=1S/C44H27Cl3N8O5.Zn/c1-44(2,3)20-12-13-26-27(17-20)39-51-35-23-9-5-7-11-25(23)37(49-35)54-41-29-28(40(55-41)53-36-24-10-6-4-8-22(24)34(48-36)50-38(26)52-39)30(45)32(47)33(31(29)46)60-21-15-18(42(56)57)14-19(16-21)43(58)59;/h4-17H,1-3H3,(H4,48,49,50,51,52,53,54,55,56,57,58,59);/q;+2/p-2. The van der Waals surface area contributed by atoms with E-state index >= 15 is 0 Å². The first-order valence-electron chi connectivity index (χ1n) is 18.3. The summed E-state index contributed by atoms with van der Waals surface area (Å²) in [5.41, 5.74) is 3.91. The molecular weight excluding hydrogens is 892 g/mol. The molecule has 17 heteroatoms. The quantitative estimate of drug-likeness (QED) is 0.125. The number of hydrogen-bond donors (Lipinski definition) is 2. The first kappa shape index (κ1) is 40.1. The third-order valence-electron chi connectivity index (χ3n) is 10.2. The Hall–Kier alpha value is -6.31. The summed E-state index contributed by atoms with van der Waals surface area (Å²) in [6, 6.07) is 24.4. The van der Waals surface area contributed by atoms with E-state index in [4.69, 9.17) is 79.4 Å². The van der Waals surface area contributed by atoms with Gasteiger partial charge >= 0.3 is 31.4 Å². The maximum absolute atomic E-state index is 11.9. The maximum Gasteiger partial charge on any atom is 2.00 e. The van der Waals surface area contributed by atoms with Gasteiger partial charge in [0.1, 0.15) is 10.8 Å². The van der Waals surface area contributed by atoms with E-state index in [1.807, 2.05) is 54.6 Å². The summed E-state index contributed by atoms with van der Waals surface area (Å²) in [4.78, 5) is 63.4. The number of rotatable bonds is 4. The molecule has 0 atom stereocenters. The van der Waals surface area contributed by atoms with Gasteiger partial charge in [-0.15, -0.1) is 0 Å². The number of aromatic nitrogens is 8. The SMILES string of the molecule is CC(C)(C)c1ccc2c3nc4nc(nc5[n-]c(nc6nc(nc([n-]3)c2c1)-c1ccccc1-6)c1c(Cl)c(Oc2cc(C(=O)O)cc(C(=O)O)c2)c(Cl)c(Cl)c51)-c1ccccc1-4.[Zn+2]. The second kappa shape index (κ2) is 14.7. The van der Waals surface area contributed by atoms with E-state index in [1.165, 1.54) is 0 Å². The van der Waals surface area contributed by atoms with Crippen molar-refractivity contribution in [3.8, 4) is 57.1 Å². The first-order chi connectivity index (χ1) is 28.7.